The van der Waals surface area contributed by atoms with Gasteiger partial charge in [0, 0.05) is 67.7 Å². The molecule has 2 fully saturated rings. The molecule has 2 saturated heterocycles. The van der Waals surface area contributed by atoms with Gasteiger partial charge in [0.1, 0.15) is 11.8 Å². The topological polar surface area (TPSA) is 73.9 Å². The van der Waals surface area contributed by atoms with Crippen LogP contribution in [0.15, 0.2) is 18.3 Å². The number of nitrogens with zero attached hydrogens (tertiary/aromatic N) is 2. The lowest BCUT2D eigenvalue weighted by molar-refractivity contribution is -0.916. The van der Waals surface area contributed by atoms with E-state index >= 15 is 0 Å². The molecule has 11 heteroatoms. The van der Waals surface area contributed by atoms with Gasteiger partial charge >= 0.3 is 6.18 Å². The van der Waals surface area contributed by atoms with E-state index in [9.17, 15) is 18.4 Å². The summed E-state index contributed by atoms with van der Waals surface area (Å²) >= 11 is 0. The maximum absolute atomic E-state index is 13.5. The molecular weight excluding hydrogens is 601 g/mol. The first-order chi connectivity index (χ1) is 20.9. The quantitative estimate of drug-likeness (QED) is 0.208. The SMILES string of the molecule is CC1(C)Cc2c(c3c(c(C4CCOCC4)[n+]2O)C(c2ccc(C(F)(F)F)nc2)OC32CCOCC2)C(O[Si](C)(C)C(C)(C)C)C1. The molecule has 4 aliphatic rings. The zero-order valence-electron chi connectivity index (χ0n) is 27.6. The second-order valence-electron chi connectivity index (χ2n) is 15.7. The van der Waals surface area contributed by atoms with Crippen molar-refractivity contribution in [3.8, 4) is 0 Å². The lowest BCUT2D eigenvalue weighted by Crippen LogP contribution is -2.51. The minimum Gasteiger partial charge on any atom is -0.410 e. The second kappa shape index (κ2) is 11.3. The maximum atomic E-state index is 13.5. The average Bonchev–Trinajstić information content (AvgIpc) is 3.26. The van der Waals surface area contributed by atoms with Crippen LogP contribution in [0, 0.1) is 5.41 Å². The summed E-state index contributed by atoms with van der Waals surface area (Å²) in [5, 5.41) is 12.3. The molecule has 6 rings (SSSR count). The van der Waals surface area contributed by atoms with Crippen molar-refractivity contribution < 1.29 is 41.7 Å². The molecule has 2 unspecified atom stereocenters. The van der Waals surface area contributed by atoms with E-state index in [1.54, 1.807) is 0 Å². The van der Waals surface area contributed by atoms with Crippen molar-refractivity contribution in [2.45, 2.75) is 121 Å². The minimum atomic E-state index is -4.55. The number of ether oxygens (including phenoxy) is 3. The maximum Gasteiger partial charge on any atom is 0.433 e. The Morgan fingerprint density at radius 2 is 1.64 bits per heavy atom. The van der Waals surface area contributed by atoms with Gasteiger partial charge in [0.2, 0.25) is 11.4 Å². The van der Waals surface area contributed by atoms with Gasteiger partial charge < -0.3 is 18.6 Å². The number of halogens is 3. The van der Waals surface area contributed by atoms with Gasteiger partial charge in [-0.05, 0) is 48.9 Å². The van der Waals surface area contributed by atoms with E-state index < -0.39 is 31.9 Å². The third-order valence-electron chi connectivity index (χ3n) is 10.9. The fourth-order valence-corrected chi connectivity index (χ4v) is 8.83. The second-order valence-corrected chi connectivity index (χ2v) is 20.5. The molecule has 5 heterocycles. The van der Waals surface area contributed by atoms with E-state index in [1.807, 2.05) is 0 Å². The Morgan fingerprint density at radius 3 is 2.22 bits per heavy atom. The highest BCUT2D eigenvalue weighted by molar-refractivity contribution is 6.74. The van der Waals surface area contributed by atoms with Crippen molar-refractivity contribution >= 4 is 8.32 Å². The summed E-state index contributed by atoms with van der Waals surface area (Å²) < 4.78 is 68.0. The number of aromatic nitrogens is 2. The Kier molecular flexibility index (Phi) is 8.24. The van der Waals surface area contributed by atoms with Crippen LogP contribution in [0.5, 0.6) is 0 Å². The highest BCUT2D eigenvalue weighted by atomic mass is 28.4. The van der Waals surface area contributed by atoms with Gasteiger partial charge in [0.15, 0.2) is 8.32 Å². The Morgan fingerprint density at radius 1 is 1.00 bits per heavy atom. The van der Waals surface area contributed by atoms with Crippen molar-refractivity contribution in [1.82, 2.24) is 4.98 Å². The van der Waals surface area contributed by atoms with Gasteiger partial charge in [0.25, 0.3) is 0 Å². The van der Waals surface area contributed by atoms with E-state index in [0.717, 1.165) is 53.4 Å². The van der Waals surface area contributed by atoms with Gasteiger partial charge in [-0.2, -0.15) is 13.2 Å². The summed E-state index contributed by atoms with van der Waals surface area (Å²) in [5.41, 5.74) is 3.28. The van der Waals surface area contributed by atoms with Gasteiger partial charge in [-0.1, -0.05) is 40.7 Å². The van der Waals surface area contributed by atoms with Gasteiger partial charge in [-0.3, -0.25) is 10.2 Å². The van der Waals surface area contributed by atoms with E-state index in [-0.39, 0.29) is 22.5 Å². The van der Waals surface area contributed by atoms with Crippen molar-refractivity contribution in [3.63, 3.8) is 0 Å². The first-order valence-electron chi connectivity index (χ1n) is 16.3. The van der Waals surface area contributed by atoms with Gasteiger partial charge in [0.05, 0.1) is 28.7 Å². The van der Waals surface area contributed by atoms with Crippen molar-refractivity contribution in [2.75, 3.05) is 26.4 Å². The number of hydrogen-bond acceptors (Lipinski definition) is 6. The molecule has 1 aliphatic carbocycles. The smallest absolute Gasteiger partial charge is 0.410 e. The molecule has 7 nitrogen and oxygen atoms in total. The number of pyridine rings is 2. The molecule has 45 heavy (non-hydrogen) atoms. The van der Waals surface area contributed by atoms with Crippen LogP contribution >= 0.6 is 0 Å². The van der Waals surface area contributed by atoms with Crippen LogP contribution in [0.1, 0.15) is 124 Å². The molecule has 1 spiro atoms. The third kappa shape index (κ3) is 5.85. The molecule has 3 aliphatic heterocycles. The summed E-state index contributed by atoms with van der Waals surface area (Å²) in [6, 6.07) is 2.50. The fourth-order valence-electron chi connectivity index (χ4n) is 7.57. The van der Waals surface area contributed by atoms with Crippen LogP contribution in [0.3, 0.4) is 0 Å². The van der Waals surface area contributed by atoms with E-state index in [4.69, 9.17) is 18.6 Å². The lowest BCUT2D eigenvalue weighted by atomic mass is 9.69. The monoisotopic (exact) mass is 649 g/mol. The first-order valence-corrected chi connectivity index (χ1v) is 19.2. The van der Waals surface area contributed by atoms with Crippen LogP contribution in [0.4, 0.5) is 13.2 Å². The standard InChI is InChI=1S/C34H48F3N2O5Si/c1-31(2,3)45(6,7)44-24-19-32(4,5)18-23-26(24)28-27(29(39(23)40)21-10-14-41-15-11-21)30(43-33(28)12-16-42-17-13-33)22-8-9-25(38-20-22)34(35,36)37/h8-9,20-21,24,30,40H,10-19H2,1-7H3/q+1. The van der Waals surface area contributed by atoms with Crippen LogP contribution in [-0.4, -0.2) is 44.9 Å². The van der Waals surface area contributed by atoms with Crippen LogP contribution in [0.25, 0.3) is 0 Å². The van der Waals surface area contributed by atoms with Gasteiger partial charge in [-0.15, -0.1) is 0 Å². The number of fused-ring (bicyclic) bond motifs is 4. The summed E-state index contributed by atoms with van der Waals surface area (Å²) in [6.07, 6.45) is -0.0982. The molecule has 1 N–H and O–H groups in total. The molecule has 0 amide bonds. The van der Waals surface area contributed by atoms with Crippen molar-refractivity contribution in [2.24, 2.45) is 5.41 Å². The Bertz CT molecular complexity index is 1430. The van der Waals surface area contributed by atoms with E-state index in [2.05, 4.69) is 52.7 Å². The van der Waals surface area contributed by atoms with Gasteiger partial charge in [-0.25, -0.2) is 0 Å². The average molecular weight is 650 g/mol. The molecule has 0 aromatic carbocycles. The van der Waals surface area contributed by atoms with Crippen LogP contribution < -0.4 is 4.73 Å². The minimum absolute atomic E-state index is 0.00361. The molecular formula is C34H48F3N2O5Si+. The summed E-state index contributed by atoms with van der Waals surface area (Å²) in [4.78, 5) is 3.82. The normalized spacial score (nSPS) is 25.3. The molecule has 2 atom stereocenters. The molecule has 248 valence electrons. The van der Waals surface area contributed by atoms with Crippen molar-refractivity contribution in [1.29, 1.82) is 0 Å². The van der Waals surface area contributed by atoms with Crippen LogP contribution in [-0.2, 0) is 36.8 Å². The predicted molar refractivity (Wildman–Crippen MR) is 164 cm³/mol. The van der Waals surface area contributed by atoms with Crippen LogP contribution in [0.2, 0.25) is 18.1 Å². The largest absolute Gasteiger partial charge is 0.433 e. The predicted octanol–water partition coefficient (Wildman–Crippen LogP) is 7.68. The lowest BCUT2D eigenvalue weighted by Gasteiger charge is -2.45. The number of rotatable bonds is 4. The number of alkyl halides is 3. The highest BCUT2D eigenvalue weighted by Crippen LogP contribution is 2.59. The van der Waals surface area contributed by atoms with Crippen molar-refractivity contribution in [3.05, 3.63) is 57.7 Å². The zero-order chi connectivity index (χ0) is 32.6. The van der Waals surface area contributed by atoms with E-state index in [1.165, 1.54) is 17.0 Å². The molecule has 0 bridgehead atoms. The summed E-state index contributed by atoms with van der Waals surface area (Å²) in [7, 11) is -2.27. The first kappa shape index (κ1) is 32.9. The Labute approximate surface area is 265 Å². The zero-order valence-corrected chi connectivity index (χ0v) is 28.6. The third-order valence-corrected chi connectivity index (χ3v) is 15.4. The highest BCUT2D eigenvalue weighted by Gasteiger charge is 2.58. The Balaban J connectivity index is 1.64. The number of hydrogen-bond donors (Lipinski definition) is 1. The molecule has 2 aromatic heterocycles. The summed E-state index contributed by atoms with van der Waals surface area (Å²) in [5.74, 6) is -0.00361. The molecule has 0 radical (unpaired) electrons. The summed E-state index contributed by atoms with van der Waals surface area (Å²) in [6.45, 7) is 17.8. The molecule has 0 saturated carbocycles. The fraction of sp³-hybridized carbons (Fsp3) is 0.706. The molecule has 2 aromatic rings. The Hall–Kier alpha value is -2.05. The van der Waals surface area contributed by atoms with E-state index in [0.29, 0.717) is 51.3 Å².